The third kappa shape index (κ3) is 2.94. The zero-order valence-corrected chi connectivity index (χ0v) is 12.9. The third-order valence-electron chi connectivity index (χ3n) is 3.59. The van der Waals surface area contributed by atoms with E-state index in [0.717, 1.165) is 26.9 Å². The summed E-state index contributed by atoms with van der Waals surface area (Å²) >= 11 is 1.52. The molecule has 0 saturated carbocycles. The van der Waals surface area contributed by atoms with Gasteiger partial charge in [0.1, 0.15) is 0 Å². The van der Waals surface area contributed by atoms with Crippen molar-refractivity contribution in [2.75, 3.05) is 7.11 Å². The van der Waals surface area contributed by atoms with Crippen molar-refractivity contribution in [3.63, 3.8) is 0 Å². The Hall–Kier alpha value is -1.47. The van der Waals surface area contributed by atoms with Crippen molar-refractivity contribution in [2.45, 2.75) is 32.2 Å². The lowest BCUT2D eigenvalue weighted by atomic mass is 10.1. The number of rotatable bonds is 4. The number of thiophene rings is 1. The molecule has 0 spiro atoms. The Morgan fingerprint density at radius 2 is 2.24 bits per heavy atom. The average molecular weight is 305 g/mol. The monoisotopic (exact) mass is 305 g/mol. The minimum atomic E-state index is -0.0448. The summed E-state index contributed by atoms with van der Waals surface area (Å²) in [5.74, 6) is -0.0448. The number of hydrogen-bond acceptors (Lipinski definition) is 5. The summed E-state index contributed by atoms with van der Waals surface area (Å²) in [5, 5.41) is 4.13. The lowest BCUT2D eigenvalue weighted by Gasteiger charge is -2.12. The van der Waals surface area contributed by atoms with Gasteiger partial charge in [0.2, 0.25) is 0 Å². The molecule has 0 bridgehead atoms. The van der Waals surface area contributed by atoms with Gasteiger partial charge in [-0.2, -0.15) is 0 Å². The van der Waals surface area contributed by atoms with E-state index in [1.165, 1.54) is 11.3 Å². The van der Waals surface area contributed by atoms with Crippen molar-refractivity contribution in [1.82, 2.24) is 16.2 Å². The predicted molar refractivity (Wildman–Crippen MR) is 84.1 cm³/mol. The van der Waals surface area contributed by atoms with Crippen molar-refractivity contribution < 1.29 is 9.53 Å². The van der Waals surface area contributed by atoms with Crippen LogP contribution in [0, 0.1) is 0 Å². The number of nitrogens with one attached hydrogen (secondary N) is 3. The fourth-order valence-corrected chi connectivity index (χ4v) is 3.71. The molecular formula is C15H19N3O2S. The quantitative estimate of drug-likeness (QED) is 0.808. The van der Waals surface area contributed by atoms with Gasteiger partial charge in [0.15, 0.2) is 0 Å². The van der Waals surface area contributed by atoms with Gasteiger partial charge in [-0.15, -0.1) is 11.3 Å². The first kappa shape index (κ1) is 14.5. The molecule has 3 N–H and O–H groups in total. The number of benzene rings is 1. The highest BCUT2D eigenvalue weighted by atomic mass is 32.1. The first-order valence-corrected chi connectivity index (χ1v) is 7.82. The van der Waals surface area contributed by atoms with Crippen LogP contribution in [0.5, 0.6) is 0 Å². The maximum absolute atomic E-state index is 12.5. The van der Waals surface area contributed by atoms with Crippen LogP contribution in [-0.4, -0.2) is 25.2 Å². The molecule has 1 aromatic carbocycles. The molecule has 6 heteroatoms. The minimum absolute atomic E-state index is 0.0342. The molecule has 1 aromatic heterocycles. The maximum Gasteiger partial charge on any atom is 0.263 e. The molecule has 21 heavy (non-hydrogen) atoms. The zero-order valence-electron chi connectivity index (χ0n) is 12.1. The van der Waals surface area contributed by atoms with Gasteiger partial charge in [-0.25, -0.2) is 5.43 Å². The van der Waals surface area contributed by atoms with E-state index in [-0.39, 0.29) is 12.1 Å². The molecule has 2 aromatic rings. The van der Waals surface area contributed by atoms with E-state index < -0.39 is 0 Å². The van der Waals surface area contributed by atoms with Crippen LogP contribution in [0.2, 0.25) is 0 Å². The zero-order chi connectivity index (χ0) is 14.8. The Bertz CT molecular complexity index is 655. The summed E-state index contributed by atoms with van der Waals surface area (Å²) in [6.07, 6.45) is 0.837. The highest BCUT2D eigenvalue weighted by Gasteiger charge is 2.24. The van der Waals surface area contributed by atoms with Crippen molar-refractivity contribution in [1.29, 1.82) is 0 Å². The Morgan fingerprint density at radius 1 is 1.43 bits per heavy atom. The largest absolute Gasteiger partial charge is 0.380 e. The summed E-state index contributed by atoms with van der Waals surface area (Å²) in [7, 11) is 1.65. The molecule has 2 atom stereocenters. The van der Waals surface area contributed by atoms with E-state index in [1.807, 2.05) is 24.3 Å². The van der Waals surface area contributed by atoms with Crippen LogP contribution in [0.1, 0.15) is 28.6 Å². The first-order valence-electron chi connectivity index (χ1n) is 7.00. The highest BCUT2D eigenvalue weighted by molar-refractivity contribution is 7.21. The van der Waals surface area contributed by atoms with Crippen LogP contribution in [0.25, 0.3) is 10.1 Å². The topological polar surface area (TPSA) is 62.4 Å². The Labute approximate surface area is 127 Å². The molecule has 0 radical (unpaired) electrons. The number of fused-ring (bicyclic) bond motifs is 1. The number of amides is 1. The molecule has 1 aliphatic rings. The summed E-state index contributed by atoms with van der Waals surface area (Å²) in [6, 6.07) is 8.40. The van der Waals surface area contributed by atoms with Crippen molar-refractivity contribution in [2.24, 2.45) is 0 Å². The second-order valence-electron chi connectivity index (χ2n) is 5.29. The normalized spacial score (nSPS) is 21.8. The summed E-state index contributed by atoms with van der Waals surface area (Å²) < 4.78 is 6.38. The standard InChI is InChI=1S/C15H19N3O2S/c1-9-7-13(18-17-9)16-15(19)14-11(8-20-2)10-5-3-4-6-12(10)21-14/h3-6,9,13,17-18H,7-8H2,1-2H3,(H,16,19). The molecular weight excluding hydrogens is 286 g/mol. The van der Waals surface area contributed by atoms with Gasteiger partial charge in [0, 0.05) is 23.4 Å². The van der Waals surface area contributed by atoms with Crippen molar-refractivity contribution >= 4 is 27.3 Å². The molecule has 1 fully saturated rings. The highest BCUT2D eigenvalue weighted by Crippen LogP contribution is 2.31. The lowest BCUT2D eigenvalue weighted by Crippen LogP contribution is -2.44. The number of hydrogen-bond donors (Lipinski definition) is 3. The van der Waals surface area contributed by atoms with Crippen LogP contribution in [-0.2, 0) is 11.3 Å². The molecule has 2 unspecified atom stereocenters. The van der Waals surface area contributed by atoms with Gasteiger partial charge >= 0.3 is 0 Å². The van der Waals surface area contributed by atoms with Crippen LogP contribution in [0.15, 0.2) is 24.3 Å². The van der Waals surface area contributed by atoms with Crippen LogP contribution in [0.4, 0.5) is 0 Å². The lowest BCUT2D eigenvalue weighted by molar-refractivity contribution is 0.0932. The van der Waals surface area contributed by atoms with Gasteiger partial charge in [-0.3, -0.25) is 10.2 Å². The van der Waals surface area contributed by atoms with E-state index in [1.54, 1.807) is 7.11 Å². The van der Waals surface area contributed by atoms with E-state index in [9.17, 15) is 4.79 Å². The molecule has 1 aliphatic heterocycles. The maximum atomic E-state index is 12.5. The van der Waals surface area contributed by atoms with Gasteiger partial charge in [-0.05, 0) is 24.8 Å². The smallest absolute Gasteiger partial charge is 0.263 e. The van der Waals surface area contributed by atoms with Gasteiger partial charge in [0.25, 0.3) is 5.91 Å². The minimum Gasteiger partial charge on any atom is -0.380 e. The van der Waals surface area contributed by atoms with E-state index >= 15 is 0 Å². The number of carbonyl (C=O) groups excluding carboxylic acids is 1. The molecule has 1 amide bonds. The SMILES string of the molecule is COCc1c(C(=O)NC2CC(C)NN2)sc2ccccc12. The second kappa shape index (κ2) is 6.11. The fourth-order valence-electron chi connectivity index (χ4n) is 2.60. The third-order valence-corrected chi connectivity index (χ3v) is 4.80. The van der Waals surface area contributed by atoms with Crippen molar-refractivity contribution in [3.8, 4) is 0 Å². The van der Waals surface area contributed by atoms with Crippen LogP contribution >= 0.6 is 11.3 Å². The average Bonchev–Trinajstić information content (AvgIpc) is 3.04. The van der Waals surface area contributed by atoms with E-state index in [2.05, 4.69) is 23.1 Å². The van der Waals surface area contributed by atoms with Gasteiger partial charge < -0.3 is 10.1 Å². The molecule has 0 aliphatic carbocycles. The van der Waals surface area contributed by atoms with Gasteiger partial charge in [-0.1, -0.05) is 18.2 Å². The van der Waals surface area contributed by atoms with Crippen molar-refractivity contribution in [3.05, 3.63) is 34.7 Å². The molecule has 112 valence electrons. The Balaban J connectivity index is 1.88. The molecule has 3 rings (SSSR count). The number of carbonyl (C=O) groups is 1. The van der Waals surface area contributed by atoms with Crippen LogP contribution in [0.3, 0.4) is 0 Å². The second-order valence-corrected chi connectivity index (χ2v) is 6.34. The summed E-state index contributed by atoms with van der Waals surface area (Å²) in [4.78, 5) is 13.3. The van der Waals surface area contributed by atoms with Gasteiger partial charge in [0.05, 0.1) is 17.6 Å². The van der Waals surface area contributed by atoms with E-state index in [4.69, 9.17) is 4.74 Å². The Kier molecular flexibility index (Phi) is 4.21. The molecule has 1 saturated heterocycles. The number of hydrazine groups is 1. The molecule has 5 nitrogen and oxygen atoms in total. The van der Waals surface area contributed by atoms with Crippen LogP contribution < -0.4 is 16.2 Å². The number of methoxy groups -OCH3 is 1. The predicted octanol–water partition coefficient (Wildman–Crippen LogP) is 1.99. The summed E-state index contributed by atoms with van der Waals surface area (Å²) in [6.45, 7) is 2.52. The molecule has 2 heterocycles. The Morgan fingerprint density at radius 3 is 2.95 bits per heavy atom. The van der Waals surface area contributed by atoms with E-state index in [0.29, 0.717) is 12.6 Å². The summed E-state index contributed by atoms with van der Waals surface area (Å²) in [5.41, 5.74) is 7.16. The number of ether oxygens (including phenoxy) is 1. The first-order chi connectivity index (χ1) is 10.2. The fraction of sp³-hybridized carbons (Fsp3) is 0.400.